The Kier molecular flexibility index (Phi) is 4.99. The SMILES string of the molecule is CC(c1ccc(F)cc1F)N1CCN(c2snc(Cl)c2C#N)CC1. The van der Waals surface area contributed by atoms with E-state index >= 15 is 0 Å². The van der Waals surface area contributed by atoms with Crippen molar-refractivity contribution in [2.75, 3.05) is 31.1 Å². The number of rotatable bonds is 3. The van der Waals surface area contributed by atoms with E-state index in [0.717, 1.165) is 11.1 Å². The van der Waals surface area contributed by atoms with Crippen LogP contribution in [0.25, 0.3) is 0 Å². The van der Waals surface area contributed by atoms with Gasteiger partial charge in [-0.05, 0) is 24.5 Å². The number of hydrogen-bond acceptors (Lipinski definition) is 5. The zero-order valence-corrected chi connectivity index (χ0v) is 14.5. The highest BCUT2D eigenvalue weighted by Gasteiger charge is 2.26. The number of nitriles is 1. The van der Waals surface area contributed by atoms with Crippen molar-refractivity contribution in [2.45, 2.75) is 13.0 Å². The van der Waals surface area contributed by atoms with Gasteiger partial charge in [0, 0.05) is 43.9 Å². The molecule has 1 saturated heterocycles. The molecule has 1 fully saturated rings. The molecule has 1 aromatic carbocycles. The monoisotopic (exact) mass is 368 g/mol. The Morgan fingerprint density at radius 3 is 2.62 bits per heavy atom. The van der Waals surface area contributed by atoms with Crippen molar-refractivity contribution >= 4 is 28.1 Å². The molecule has 4 nitrogen and oxygen atoms in total. The number of piperazine rings is 1. The van der Waals surface area contributed by atoms with Crippen molar-refractivity contribution < 1.29 is 8.78 Å². The first-order valence-corrected chi connectivity index (χ1v) is 8.65. The Balaban J connectivity index is 1.69. The van der Waals surface area contributed by atoms with E-state index in [4.69, 9.17) is 11.6 Å². The summed E-state index contributed by atoms with van der Waals surface area (Å²) >= 11 is 7.14. The zero-order valence-electron chi connectivity index (χ0n) is 13.0. The summed E-state index contributed by atoms with van der Waals surface area (Å²) in [5.41, 5.74) is 0.899. The van der Waals surface area contributed by atoms with Gasteiger partial charge in [-0.25, -0.2) is 8.78 Å². The zero-order chi connectivity index (χ0) is 17.3. The van der Waals surface area contributed by atoms with Crippen LogP contribution in [0, 0.1) is 23.0 Å². The van der Waals surface area contributed by atoms with E-state index in [0.29, 0.717) is 37.3 Å². The Labute approximate surface area is 148 Å². The third-order valence-corrected chi connectivity index (χ3v) is 5.59. The maximum atomic E-state index is 14.0. The van der Waals surface area contributed by atoms with Crippen LogP contribution in [0.3, 0.4) is 0 Å². The van der Waals surface area contributed by atoms with E-state index in [-0.39, 0.29) is 11.2 Å². The summed E-state index contributed by atoms with van der Waals surface area (Å²) in [7, 11) is 0. The molecule has 0 bridgehead atoms. The van der Waals surface area contributed by atoms with E-state index < -0.39 is 11.6 Å². The van der Waals surface area contributed by atoms with Crippen LogP contribution in [0.4, 0.5) is 13.8 Å². The van der Waals surface area contributed by atoms with Gasteiger partial charge < -0.3 is 4.90 Å². The lowest BCUT2D eigenvalue weighted by molar-refractivity contribution is 0.195. The maximum absolute atomic E-state index is 14.0. The Bertz CT molecular complexity index is 781. The van der Waals surface area contributed by atoms with Crippen molar-refractivity contribution in [1.29, 1.82) is 5.26 Å². The van der Waals surface area contributed by atoms with Gasteiger partial charge in [-0.1, -0.05) is 17.7 Å². The van der Waals surface area contributed by atoms with Crippen LogP contribution < -0.4 is 4.90 Å². The third kappa shape index (κ3) is 3.22. The number of nitrogens with zero attached hydrogens (tertiary/aromatic N) is 4. The van der Waals surface area contributed by atoms with Crippen LogP contribution in [0.15, 0.2) is 18.2 Å². The lowest BCUT2D eigenvalue weighted by Crippen LogP contribution is -2.47. The molecule has 126 valence electrons. The first kappa shape index (κ1) is 17.1. The lowest BCUT2D eigenvalue weighted by Gasteiger charge is -2.38. The van der Waals surface area contributed by atoms with E-state index in [1.54, 1.807) is 0 Å². The molecule has 8 heteroatoms. The Hall–Kier alpha value is -1.75. The van der Waals surface area contributed by atoms with Gasteiger partial charge >= 0.3 is 0 Å². The molecular formula is C16H15ClF2N4S. The summed E-state index contributed by atoms with van der Waals surface area (Å²) < 4.78 is 31.1. The molecule has 3 rings (SSSR count). The number of hydrogen-bond donors (Lipinski definition) is 0. The van der Waals surface area contributed by atoms with Crippen molar-refractivity contribution in [2.24, 2.45) is 0 Å². The number of halogens is 3. The minimum Gasteiger partial charge on any atom is -0.358 e. The topological polar surface area (TPSA) is 43.2 Å². The van der Waals surface area contributed by atoms with Gasteiger partial charge in [-0.3, -0.25) is 4.90 Å². The van der Waals surface area contributed by atoms with E-state index in [1.165, 1.54) is 23.7 Å². The van der Waals surface area contributed by atoms with Crippen LogP contribution in [0.5, 0.6) is 0 Å². The van der Waals surface area contributed by atoms with Crippen LogP contribution >= 0.6 is 23.1 Å². The predicted octanol–water partition coefficient (Wildman–Crippen LogP) is 3.83. The molecule has 0 amide bonds. The highest BCUT2D eigenvalue weighted by molar-refractivity contribution is 7.10. The molecule has 24 heavy (non-hydrogen) atoms. The summed E-state index contributed by atoms with van der Waals surface area (Å²) in [4.78, 5) is 4.22. The molecule has 2 heterocycles. The van der Waals surface area contributed by atoms with Crippen molar-refractivity contribution in [3.8, 4) is 6.07 Å². The van der Waals surface area contributed by atoms with Gasteiger partial charge in [0.25, 0.3) is 0 Å². The van der Waals surface area contributed by atoms with Gasteiger partial charge in [0.1, 0.15) is 28.3 Å². The summed E-state index contributed by atoms with van der Waals surface area (Å²) in [6.45, 7) is 4.72. The molecule has 1 aliphatic rings. The molecule has 1 unspecified atom stereocenters. The van der Waals surface area contributed by atoms with Crippen molar-refractivity contribution in [3.05, 3.63) is 46.1 Å². The average Bonchev–Trinajstić information content (AvgIpc) is 2.95. The minimum absolute atomic E-state index is 0.145. The quantitative estimate of drug-likeness (QED) is 0.825. The molecule has 0 saturated carbocycles. The first-order chi connectivity index (χ1) is 11.5. The fourth-order valence-corrected chi connectivity index (χ4v) is 4.00. The van der Waals surface area contributed by atoms with E-state index in [2.05, 4.69) is 20.2 Å². The molecule has 1 atom stereocenters. The van der Waals surface area contributed by atoms with Gasteiger partial charge in [0.2, 0.25) is 0 Å². The summed E-state index contributed by atoms with van der Waals surface area (Å²) in [5.74, 6) is -1.09. The summed E-state index contributed by atoms with van der Waals surface area (Å²) in [5, 5.41) is 10.2. The second kappa shape index (κ2) is 7.01. The molecule has 1 aliphatic heterocycles. The molecule has 1 aromatic heterocycles. The van der Waals surface area contributed by atoms with Crippen LogP contribution in [-0.4, -0.2) is 35.5 Å². The number of benzene rings is 1. The van der Waals surface area contributed by atoms with Crippen LogP contribution in [-0.2, 0) is 0 Å². The second-order valence-corrected chi connectivity index (χ2v) is 6.74. The fourth-order valence-electron chi connectivity index (χ4n) is 2.92. The average molecular weight is 369 g/mol. The van der Waals surface area contributed by atoms with Crippen LogP contribution in [0.2, 0.25) is 5.15 Å². The Morgan fingerprint density at radius 2 is 2.00 bits per heavy atom. The molecule has 2 aromatic rings. The second-order valence-electron chi connectivity index (χ2n) is 5.63. The summed E-state index contributed by atoms with van der Waals surface area (Å²) in [6, 6.07) is 5.64. The molecule has 0 N–H and O–H groups in total. The summed E-state index contributed by atoms with van der Waals surface area (Å²) in [6.07, 6.45) is 0. The molecule has 0 radical (unpaired) electrons. The van der Waals surface area contributed by atoms with Crippen molar-refractivity contribution in [1.82, 2.24) is 9.27 Å². The van der Waals surface area contributed by atoms with Crippen LogP contribution in [0.1, 0.15) is 24.1 Å². The minimum atomic E-state index is -0.570. The van der Waals surface area contributed by atoms with Gasteiger partial charge in [-0.2, -0.15) is 9.64 Å². The predicted molar refractivity (Wildman–Crippen MR) is 90.4 cm³/mol. The highest BCUT2D eigenvalue weighted by Crippen LogP contribution is 2.33. The first-order valence-electron chi connectivity index (χ1n) is 7.50. The largest absolute Gasteiger partial charge is 0.358 e. The fraction of sp³-hybridized carbons (Fsp3) is 0.375. The highest BCUT2D eigenvalue weighted by atomic mass is 35.5. The number of anilines is 1. The van der Waals surface area contributed by atoms with Gasteiger partial charge in [0.15, 0.2) is 5.15 Å². The van der Waals surface area contributed by atoms with Gasteiger partial charge in [-0.15, -0.1) is 0 Å². The Morgan fingerprint density at radius 1 is 1.29 bits per heavy atom. The lowest BCUT2D eigenvalue weighted by atomic mass is 10.1. The molecular weight excluding hydrogens is 354 g/mol. The molecule has 0 spiro atoms. The van der Waals surface area contributed by atoms with Crippen molar-refractivity contribution in [3.63, 3.8) is 0 Å². The third-order valence-electron chi connectivity index (χ3n) is 4.31. The maximum Gasteiger partial charge on any atom is 0.162 e. The standard InChI is InChI=1S/C16H15ClF2N4S/c1-10(12-3-2-11(18)8-14(12)19)22-4-6-23(7-5-22)16-13(9-20)15(17)21-24-16/h2-3,8,10H,4-7H2,1H3. The van der Waals surface area contributed by atoms with Gasteiger partial charge in [0.05, 0.1) is 0 Å². The van der Waals surface area contributed by atoms with E-state index in [1.807, 2.05) is 6.92 Å². The number of aromatic nitrogens is 1. The normalized spacial score (nSPS) is 16.9. The molecule has 0 aliphatic carbocycles. The van der Waals surface area contributed by atoms with E-state index in [9.17, 15) is 14.0 Å². The smallest absolute Gasteiger partial charge is 0.162 e.